The van der Waals surface area contributed by atoms with Gasteiger partial charge in [0.05, 0.1) is 5.56 Å². The van der Waals surface area contributed by atoms with Gasteiger partial charge in [-0.2, -0.15) is 0 Å². The number of nitrogens with zero attached hydrogens (tertiary/aromatic N) is 1. The first-order valence-electron chi connectivity index (χ1n) is 5.39. The fourth-order valence-corrected chi connectivity index (χ4v) is 1.95. The fraction of sp³-hybridized carbons (Fsp3) is 0.417. The Labute approximate surface area is 106 Å². The molecule has 1 atom stereocenters. The topological polar surface area (TPSA) is 46.3 Å². The summed E-state index contributed by atoms with van der Waals surface area (Å²) >= 11 is 0. The Morgan fingerprint density at radius 3 is 2.82 bits per heavy atom. The number of aryl methyl sites for hydroxylation is 1. The number of hydrogen-bond donors (Lipinski definition) is 1. The van der Waals surface area contributed by atoms with Gasteiger partial charge in [-0.15, -0.1) is 12.4 Å². The van der Waals surface area contributed by atoms with E-state index >= 15 is 0 Å². The van der Waals surface area contributed by atoms with Gasteiger partial charge >= 0.3 is 0 Å². The largest absolute Gasteiger partial charge is 0.337 e. The van der Waals surface area contributed by atoms with Gasteiger partial charge in [0.25, 0.3) is 5.91 Å². The average Bonchev–Trinajstić information content (AvgIpc) is 2.67. The van der Waals surface area contributed by atoms with Gasteiger partial charge < -0.3 is 10.6 Å². The van der Waals surface area contributed by atoms with Gasteiger partial charge in [0, 0.05) is 19.1 Å². The molecule has 17 heavy (non-hydrogen) atoms. The van der Waals surface area contributed by atoms with Crippen LogP contribution in [0.4, 0.5) is 4.39 Å². The molecule has 0 saturated carbocycles. The smallest absolute Gasteiger partial charge is 0.256 e. The molecule has 1 saturated heterocycles. The van der Waals surface area contributed by atoms with Crippen LogP contribution in [0.2, 0.25) is 0 Å². The van der Waals surface area contributed by atoms with Gasteiger partial charge in [0.1, 0.15) is 5.82 Å². The number of carbonyl (C=O) groups excluding carboxylic acids is 1. The van der Waals surface area contributed by atoms with E-state index in [1.165, 1.54) is 6.07 Å². The number of halogens is 2. The molecular weight excluding hydrogens is 243 g/mol. The van der Waals surface area contributed by atoms with Gasteiger partial charge in [-0.25, -0.2) is 4.39 Å². The summed E-state index contributed by atoms with van der Waals surface area (Å²) in [5.41, 5.74) is 6.75. The quantitative estimate of drug-likeness (QED) is 0.834. The summed E-state index contributed by atoms with van der Waals surface area (Å²) in [5, 5.41) is 0. The molecule has 0 aliphatic carbocycles. The van der Waals surface area contributed by atoms with Crippen molar-refractivity contribution in [1.29, 1.82) is 0 Å². The van der Waals surface area contributed by atoms with E-state index in [1.54, 1.807) is 17.0 Å². The van der Waals surface area contributed by atoms with Crippen LogP contribution >= 0.6 is 12.4 Å². The Morgan fingerprint density at radius 1 is 1.53 bits per heavy atom. The van der Waals surface area contributed by atoms with Gasteiger partial charge in [-0.1, -0.05) is 11.6 Å². The third-order valence-corrected chi connectivity index (χ3v) is 2.86. The molecule has 1 amide bonds. The fourth-order valence-electron chi connectivity index (χ4n) is 1.95. The van der Waals surface area contributed by atoms with Crippen molar-refractivity contribution in [3.05, 3.63) is 35.1 Å². The van der Waals surface area contributed by atoms with Crippen molar-refractivity contribution in [2.24, 2.45) is 5.73 Å². The van der Waals surface area contributed by atoms with Crippen molar-refractivity contribution in [1.82, 2.24) is 4.90 Å². The van der Waals surface area contributed by atoms with Crippen LogP contribution in [0.15, 0.2) is 18.2 Å². The molecule has 1 fully saturated rings. The second-order valence-corrected chi connectivity index (χ2v) is 4.28. The van der Waals surface area contributed by atoms with E-state index in [9.17, 15) is 9.18 Å². The molecule has 2 rings (SSSR count). The number of nitrogens with two attached hydrogens (primary N) is 1. The van der Waals surface area contributed by atoms with Crippen molar-refractivity contribution >= 4 is 18.3 Å². The van der Waals surface area contributed by atoms with Gasteiger partial charge in [0.2, 0.25) is 0 Å². The van der Waals surface area contributed by atoms with Crippen molar-refractivity contribution in [2.45, 2.75) is 19.4 Å². The third kappa shape index (κ3) is 2.96. The highest BCUT2D eigenvalue weighted by Gasteiger charge is 2.26. The van der Waals surface area contributed by atoms with Crippen molar-refractivity contribution < 1.29 is 9.18 Å². The molecule has 3 nitrogen and oxygen atoms in total. The summed E-state index contributed by atoms with van der Waals surface area (Å²) in [5.74, 6) is -0.717. The highest BCUT2D eigenvalue weighted by atomic mass is 35.5. The molecule has 1 aliphatic heterocycles. The minimum Gasteiger partial charge on any atom is -0.337 e. The number of hydrogen-bond acceptors (Lipinski definition) is 2. The van der Waals surface area contributed by atoms with Crippen LogP contribution in [0, 0.1) is 12.7 Å². The molecule has 0 bridgehead atoms. The second-order valence-electron chi connectivity index (χ2n) is 4.28. The molecule has 0 unspecified atom stereocenters. The molecule has 1 aromatic carbocycles. The summed E-state index contributed by atoms with van der Waals surface area (Å²) in [4.78, 5) is 13.6. The summed E-state index contributed by atoms with van der Waals surface area (Å²) in [7, 11) is 0. The minimum absolute atomic E-state index is 0. The third-order valence-electron chi connectivity index (χ3n) is 2.86. The lowest BCUT2D eigenvalue weighted by atomic mass is 10.1. The van der Waals surface area contributed by atoms with Crippen LogP contribution < -0.4 is 5.73 Å². The minimum atomic E-state index is -0.462. The molecule has 94 valence electrons. The van der Waals surface area contributed by atoms with Crippen LogP contribution in [0.1, 0.15) is 22.3 Å². The standard InChI is InChI=1S/C12H15FN2O.ClH/c1-8-2-3-11(13)10(6-8)12(16)15-5-4-9(14)7-15;/h2-3,6,9H,4-5,7,14H2,1H3;1H/t9-;/m1./s1. The zero-order chi connectivity index (χ0) is 11.7. The Bertz CT molecular complexity index is 425. The van der Waals surface area contributed by atoms with Gasteiger partial charge in [-0.05, 0) is 25.5 Å². The lowest BCUT2D eigenvalue weighted by Gasteiger charge is -2.16. The summed E-state index contributed by atoms with van der Waals surface area (Å²) in [6.45, 7) is 2.98. The van der Waals surface area contributed by atoms with Gasteiger partial charge in [0.15, 0.2) is 0 Å². The van der Waals surface area contributed by atoms with E-state index in [2.05, 4.69) is 0 Å². The van der Waals surface area contributed by atoms with Crippen LogP contribution in [-0.2, 0) is 0 Å². The van der Waals surface area contributed by atoms with Crippen LogP contribution in [0.25, 0.3) is 0 Å². The monoisotopic (exact) mass is 258 g/mol. The van der Waals surface area contributed by atoms with Crippen molar-refractivity contribution in [3.63, 3.8) is 0 Å². The SMILES string of the molecule is Cc1ccc(F)c(C(=O)N2CC[C@@H](N)C2)c1.Cl. The van der Waals surface area contributed by atoms with Crippen molar-refractivity contribution in [2.75, 3.05) is 13.1 Å². The second kappa shape index (κ2) is 5.47. The highest BCUT2D eigenvalue weighted by Crippen LogP contribution is 2.16. The maximum atomic E-state index is 13.5. The first-order valence-corrected chi connectivity index (χ1v) is 5.39. The first kappa shape index (κ1) is 13.9. The van der Waals surface area contributed by atoms with E-state index < -0.39 is 5.82 Å². The number of rotatable bonds is 1. The van der Waals surface area contributed by atoms with E-state index in [1.807, 2.05) is 6.92 Å². The Hall–Kier alpha value is -1.13. The number of likely N-dealkylation sites (tertiary alicyclic amines) is 1. The van der Waals surface area contributed by atoms with Crippen LogP contribution in [0.5, 0.6) is 0 Å². The predicted octanol–water partition coefficient (Wildman–Crippen LogP) is 1.73. The maximum Gasteiger partial charge on any atom is 0.256 e. The van der Waals surface area contributed by atoms with Crippen LogP contribution in [-0.4, -0.2) is 29.9 Å². The molecule has 1 aliphatic rings. The maximum absolute atomic E-state index is 13.5. The first-order chi connectivity index (χ1) is 7.58. The highest BCUT2D eigenvalue weighted by molar-refractivity contribution is 5.94. The number of benzene rings is 1. The zero-order valence-corrected chi connectivity index (χ0v) is 10.5. The average molecular weight is 259 g/mol. The molecule has 1 aromatic rings. The summed E-state index contributed by atoms with van der Waals surface area (Å²) < 4.78 is 13.5. The van der Waals surface area contributed by atoms with E-state index in [0.29, 0.717) is 13.1 Å². The molecule has 2 N–H and O–H groups in total. The zero-order valence-electron chi connectivity index (χ0n) is 9.65. The number of amides is 1. The lowest BCUT2D eigenvalue weighted by molar-refractivity contribution is 0.0786. The van der Waals surface area contributed by atoms with E-state index in [-0.39, 0.29) is 29.9 Å². The molecular formula is C12H16ClFN2O. The molecule has 5 heteroatoms. The predicted molar refractivity (Wildman–Crippen MR) is 66.9 cm³/mol. The molecule has 1 heterocycles. The number of carbonyl (C=O) groups is 1. The Balaban J connectivity index is 0.00000144. The molecule has 0 radical (unpaired) electrons. The van der Waals surface area contributed by atoms with E-state index in [4.69, 9.17) is 5.73 Å². The van der Waals surface area contributed by atoms with E-state index in [0.717, 1.165) is 12.0 Å². The normalized spacial score (nSPS) is 19.0. The van der Waals surface area contributed by atoms with Crippen molar-refractivity contribution in [3.8, 4) is 0 Å². The lowest BCUT2D eigenvalue weighted by Crippen LogP contribution is -2.32. The summed E-state index contributed by atoms with van der Waals surface area (Å²) in [6, 6.07) is 4.60. The Morgan fingerprint density at radius 2 is 2.24 bits per heavy atom. The molecule has 0 aromatic heterocycles. The Kier molecular flexibility index (Phi) is 4.48. The molecule has 0 spiro atoms. The summed E-state index contributed by atoms with van der Waals surface area (Å²) in [6.07, 6.45) is 0.791. The van der Waals surface area contributed by atoms with Gasteiger partial charge in [-0.3, -0.25) is 4.79 Å². The van der Waals surface area contributed by atoms with Crippen LogP contribution in [0.3, 0.4) is 0 Å².